The monoisotopic (exact) mass is 308 g/mol. The quantitative estimate of drug-likeness (QED) is 0.669. The van der Waals surface area contributed by atoms with E-state index in [0.717, 1.165) is 24.2 Å². The minimum Gasteiger partial charge on any atom is -0.390 e. The second-order valence-corrected chi connectivity index (χ2v) is 9.78. The minimum absolute atomic E-state index is 0.147. The predicted molar refractivity (Wildman–Crippen MR) is 87.2 cm³/mol. The highest BCUT2D eigenvalue weighted by atomic mass is 19.1. The molecule has 4 fully saturated rings. The Morgan fingerprint density at radius 2 is 1.64 bits per heavy atom. The van der Waals surface area contributed by atoms with Crippen molar-refractivity contribution in [2.75, 3.05) is 0 Å². The van der Waals surface area contributed by atoms with Gasteiger partial charge in [0.25, 0.3) is 0 Å². The van der Waals surface area contributed by atoms with Crippen LogP contribution in [0.1, 0.15) is 72.1 Å². The highest BCUT2D eigenvalue weighted by molar-refractivity contribution is 5.11. The Balaban J connectivity index is 1.63. The molecule has 0 aromatic heterocycles. The van der Waals surface area contributed by atoms with Gasteiger partial charge in [-0.05, 0) is 85.4 Å². The summed E-state index contributed by atoms with van der Waals surface area (Å²) in [6.45, 7) is 7.15. The van der Waals surface area contributed by atoms with E-state index in [1.54, 1.807) is 0 Å². The highest BCUT2D eigenvalue weighted by Gasteiger charge is 2.62. The van der Waals surface area contributed by atoms with E-state index in [9.17, 15) is 9.50 Å². The summed E-state index contributed by atoms with van der Waals surface area (Å²) >= 11 is 0. The molecule has 0 spiro atoms. The first-order chi connectivity index (χ1) is 10.4. The van der Waals surface area contributed by atoms with Crippen LogP contribution in [-0.4, -0.2) is 17.4 Å². The molecule has 126 valence electrons. The molecule has 4 aliphatic rings. The van der Waals surface area contributed by atoms with Crippen LogP contribution in [0, 0.1) is 40.4 Å². The summed E-state index contributed by atoms with van der Waals surface area (Å²) in [5, 5.41) is 10.4. The summed E-state index contributed by atoms with van der Waals surface area (Å²) in [5.74, 6) is 3.67. The van der Waals surface area contributed by atoms with Gasteiger partial charge < -0.3 is 5.11 Å². The predicted octanol–water partition coefficient (Wildman–Crippen LogP) is 4.97. The summed E-state index contributed by atoms with van der Waals surface area (Å²) in [4.78, 5) is 0. The molecule has 0 radical (unpaired) electrons. The molecule has 4 aliphatic carbocycles. The molecule has 4 saturated carbocycles. The molecule has 0 aromatic carbocycles. The molecule has 1 nitrogen and oxygen atoms in total. The van der Waals surface area contributed by atoms with E-state index in [1.807, 2.05) is 0 Å². The van der Waals surface area contributed by atoms with Crippen LogP contribution in [0.5, 0.6) is 0 Å². The maximum absolute atomic E-state index is 14.3. The molecule has 0 bridgehead atoms. The highest BCUT2D eigenvalue weighted by Crippen LogP contribution is 2.66. The van der Waals surface area contributed by atoms with Gasteiger partial charge in [0, 0.05) is 0 Å². The van der Waals surface area contributed by atoms with Gasteiger partial charge in [-0.3, -0.25) is 0 Å². The smallest absolute Gasteiger partial charge is 0.127 e. The molecular weight excluding hydrogens is 275 g/mol. The lowest BCUT2D eigenvalue weighted by Crippen LogP contribution is -2.53. The van der Waals surface area contributed by atoms with Crippen LogP contribution in [0.15, 0.2) is 0 Å². The van der Waals surface area contributed by atoms with Gasteiger partial charge in [0.15, 0.2) is 0 Å². The van der Waals surface area contributed by atoms with Gasteiger partial charge in [-0.25, -0.2) is 4.39 Å². The van der Waals surface area contributed by atoms with Crippen molar-refractivity contribution in [2.45, 2.75) is 84.4 Å². The van der Waals surface area contributed by atoms with Crippen molar-refractivity contribution < 1.29 is 9.50 Å². The van der Waals surface area contributed by atoms with Gasteiger partial charge in [0.1, 0.15) is 6.17 Å². The van der Waals surface area contributed by atoms with Crippen molar-refractivity contribution in [3.8, 4) is 0 Å². The zero-order chi connectivity index (χ0) is 15.7. The number of aliphatic hydroxyl groups is 1. The summed E-state index contributed by atoms with van der Waals surface area (Å²) in [7, 11) is 0. The van der Waals surface area contributed by atoms with Crippen LogP contribution in [0.25, 0.3) is 0 Å². The van der Waals surface area contributed by atoms with Crippen molar-refractivity contribution in [3.63, 3.8) is 0 Å². The molecule has 4 rings (SSSR count). The van der Waals surface area contributed by atoms with E-state index < -0.39 is 12.3 Å². The molecule has 0 saturated heterocycles. The summed E-state index contributed by atoms with van der Waals surface area (Å²) in [6.07, 6.45) is 8.00. The Labute approximate surface area is 135 Å². The molecule has 22 heavy (non-hydrogen) atoms. The van der Waals surface area contributed by atoms with Crippen LogP contribution >= 0.6 is 0 Å². The lowest BCUT2D eigenvalue weighted by Gasteiger charge is -2.60. The second-order valence-electron chi connectivity index (χ2n) is 9.78. The third-order valence-corrected chi connectivity index (χ3v) is 8.86. The van der Waals surface area contributed by atoms with Crippen molar-refractivity contribution in [1.29, 1.82) is 0 Å². The molecule has 0 aliphatic heterocycles. The first kappa shape index (κ1) is 15.4. The molecule has 1 N–H and O–H groups in total. The van der Waals surface area contributed by atoms with E-state index >= 15 is 0 Å². The molecule has 0 heterocycles. The molecular formula is C20H33FO. The number of hydrogen-bond donors (Lipinski definition) is 1. The van der Waals surface area contributed by atoms with E-state index in [2.05, 4.69) is 20.8 Å². The Kier molecular flexibility index (Phi) is 3.46. The van der Waals surface area contributed by atoms with Gasteiger partial charge in [-0.15, -0.1) is 0 Å². The number of aliphatic hydroxyl groups excluding tert-OH is 1. The van der Waals surface area contributed by atoms with Gasteiger partial charge in [-0.2, -0.15) is 0 Å². The van der Waals surface area contributed by atoms with Crippen LogP contribution in [0.3, 0.4) is 0 Å². The molecule has 0 aromatic rings. The van der Waals surface area contributed by atoms with Gasteiger partial charge in [0.05, 0.1) is 6.10 Å². The minimum atomic E-state index is -0.981. The Morgan fingerprint density at radius 3 is 2.41 bits per heavy atom. The summed E-state index contributed by atoms with van der Waals surface area (Å²) < 4.78 is 14.3. The van der Waals surface area contributed by atoms with Crippen molar-refractivity contribution in [2.24, 2.45) is 40.4 Å². The van der Waals surface area contributed by atoms with Gasteiger partial charge in [-0.1, -0.05) is 27.2 Å². The number of alkyl halides is 1. The molecule has 9 atom stereocenters. The average Bonchev–Trinajstić information content (AvgIpc) is 2.72. The van der Waals surface area contributed by atoms with Crippen LogP contribution in [0.2, 0.25) is 0 Å². The molecule has 2 heteroatoms. The zero-order valence-electron chi connectivity index (χ0n) is 14.5. The van der Waals surface area contributed by atoms with E-state index in [4.69, 9.17) is 0 Å². The number of fused-ring (bicyclic) bond motifs is 5. The number of rotatable bonds is 0. The van der Waals surface area contributed by atoms with Crippen LogP contribution < -0.4 is 0 Å². The number of hydrogen-bond acceptors (Lipinski definition) is 1. The van der Waals surface area contributed by atoms with E-state index in [0.29, 0.717) is 23.7 Å². The van der Waals surface area contributed by atoms with Crippen LogP contribution in [-0.2, 0) is 0 Å². The second kappa shape index (κ2) is 4.94. The average molecular weight is 308 g/mol. The van der Waals surface area contributed by atoms with Crippen molar-refractivity contribution in [3.05, 3.63) is 0 Å². The first-order valence-corrected chi connectivity index (χ1v) is 9.68. The fraction of sp³-hybridized carbons (Fsp3) is 1.00. The topological polar surface area (TPSA) is 20.2 Å². The number of halogens is 1. The van der Waals surface area contributed by atoms with E-state index in [-0.39, 0.29) is 5.41 Å². The lowest BCUT2D eigenvalue weighted by atomic mass is 9.44. The standard InChI is InChI=1S/C20H33FO/c1-12-6-8-19(2)13(10-12)4-5-14-15(19)7-9-20(3)16(14)11-17(21)18(20)22/h12-18,22H,4-11H2,1-3H3/t12-,13-,14+,15-,16-,17+,18+,19-,20-/m0/s1. The normalized spacial score (nSPS) is 61.2. The van der Waals surface area contributed by atoms with Crippen molar-refractivity contribution in [1.82, 2.24) is 0 Å². The zero-order valence-corrected chi connectivity index (χ0v) is 14.5. The van der Waals surface area contributed by atoms with Crippen LogP contribution in [0.4, 0.5) is 4.39 Å². The Bertz CT molecular complexity index is 451. The SMILES string of the molecule is C[C@H]1CC[C@@]2(C)[C@@H](CC[C@@H]3[C@@H]2CC[C@]2(C)[C@H](O)[C@H](F)C[C@@H]32)C1. The molecule has 0 amide bonds. The largest absolute Gasteiger partial charge is 0.390 e. The van der Waals surface area contributed by atoms with Gasteiger partial charge in [0.2, 0.25) is 0 Å². The first-order valence-electron chi connectivity index (χ1n) is 9.68. The Morgan fingerprint density at radius 1 is 0.909 bits per heavy atom. The third-order valence-electron chi connectivity index (χ3n) is 8.86. The van der Waals surface area contributed by atoms with Gasteiger partial charge >= 0.3 is 0 Å². The lowest BCUT2D eigenvalue weighted by molar-refractivity contribution is -0.127. The molecule has 0 unspecified atom stereocenters. The van der Waals surface area contributed by atoms with Crippen molar-refractivity contribution >= 4 is 0 Å². The fourth-order valence-corrected chi connectivity index (χ4v) is 7.42. The summed E-state index contributed by atoms with van der Waals surface area (Å²) in [6, 6.07) is 0. The maximum Gasteiger partial charge on any atom is 0.127 e. The summed E-state index contributed by atoms with van der Waals surface area (Å²) in [5.41, 5.74) is 0.349. The maximum atomic E-state index is 14.3. The third kappa shape index (κ3) is 1.91. The fourth-order valence-electron chi connectivity index (χ4n) is 7.42. The van der Waals surface area contributed by atoms with E-state index in [1.165, 1.54) is 38.5 Å². The Hall–Kier alpha value is -0.110.